The Labute approximate surface area is 107 Å². The second-order valence-electron chi connectivity index (χ2n) is 5.07. The van der Waals surface area contributed by atoms with Crippen LogP contribution in [0.2, 0.25) is 0 Å². The van der Waals surface area contributed by atoms with Crippen molar-refractivity contribution in [2.45, 2.75) is 24.8 Å². The van der Waals surface area contributed by atoms with E-state index in [1.807, 2.05) is 0 Å². The van der Waals surface area contributed by atoms with Gasteiger partial charge in [-0.15, -0.1) is 0 Å². The van der Waals surface area contributed by atoms with Crippen molar-refractivity contribution in [2.24, 2.45) is 0 Å². The van der Waals surface area contributed by atoms with Crippen LogP contribution >= 0.6 is 0 Å². The van der Waals surface area contributed by atoms with Gasteiger partial charge in [-0.25, -0.2) is 4.39 Å². The minimum Gasteiger partial charge on any atom is -0.394 e. The van der Waals surface area contributed by atoms with Crippen molar-refractivity contribution < 1.29 is 14.2 Å². The molecule has 0 radical (unpaired) electrons. The number of ether oxygens (including phenoxy) is 1. The molecular formula is C14H20FNO2. The van der Waals surface area contributed by atoms with E-state index in [1.54, 1.807) is 12.1 Å². The molecule has 0 spiro atoms. The molecule has 0 unspecified atom stereocenters. The van der Waals surface area contributed by atoms with Gasteiger partial charge in [0, 0.05) is 13.2 Å². The summed E-state index contributed by atoms with van der Waals surface area (Å²) in [4.78, 5) is 0. The topological polar surface area (TPSA) is 41.5 Å². The Hall–Kier alpha value is -0.970. The van der Waals surface area contributed by atoms with Crippen molar-refractivity contribution in [1.82, 2.24) is 5.32 Å². The van der Waals surface area contributed by atoms with Crippen LogP contribution in [0.5, 0.6) is 0 Å². The van der Waals surface area contributed by atoms with E-state index >= 15 is 0 Å². The summed E-state index contributed by atoms with van der Waals surface area (Å²) in [7, 11) is 0. The summed E-state index contributed by atoms with van der Waals surface area (Å²) in [6, 6.07) is 6.57. The molecule has 1 aromatic carbocycles. The van der Waals surface area contributed by atoms with Crippen LogP contribution in [-0.2, 0) is 4.74 Å². The standard InChI is InChI=1S/C14H20FNO2/c1-11(12-2-4-13(15)5-3-12)8-16-14(9-17)6-7-18-10-14/h2-5,11,16-17H,6-10H2,1H3/t11-,14+/m0/s1. The summed E-state index contributed by atoms with van der Waals surface area (Å²) in [6.07, 6.45) is 0.833. The summed E-state index contributed by atoms with van der Waals surface area (Å²) in [5.74, 6) is 0.0598. The van der Waals surface area contributed by atoms with Crippen LogP contribution in [0.4, 0.5) is 4.39 Å². The van der Waals surface area contributed by atoms with Gasteiger partial charge < -0.3 is 15.2 Å². The second kappa shape index (κ2) is 5.78. The molecular weight excluding hydrogens is 233 g/mol. The molecule has 0 bridgehead atoms. The molecule has 100 valence electrons. The fraction of sp³-hybridized carbons (Fsp3) is 0.571. The summed E-state index contributed by atoms with van der Waals surface area (Å²) in [5, 5.41) is 12.8. The average molecular weight is 253 g/mol. The number of hydrogen-bond donors (Lipinski definition) is 2. The Morgan fingerprint density at radius 2 is 2.17 bits per heavy atom. The lowest BCUT2D eigenvalue weighted by atomic mass is 9.96. The summed E-state index contributed by atoms with van der Waals surface area (Å²) < 4.78 is 18.2. The van der Waals surface area contributed by atoms with Crippen molar-refractivity contribution >= 4 is 0 Å². The Morgan fingerprint density at radius 3 is 2.72 bits per heavy atom. The Balaban J connectivity index is 1.91. The molecule has 0 aliphatic carbocycles. The highest BCUT2D eigenvalue weighted by atomic mass is 19.1. The highest BCUT2D eigenvalue weighted by molar-refractivity contribution is 5.20. The first kappa shape index (κ1) is 13.5. The first-order chi connectivity index (χ1) is 8.65. The number of hydrogen-bond acceptors (Lipinski definition) is 3. The molecule has 0 saturated carbocycles. The van der Waals surface area contributed by atoms with Crippen LogP contribution < -0.4 is 5.32 Å². The molecule has 3 nitrogen and oxygen atoms in total. The van der Waals surface area contributed by atoms with Crippen molar-refractivity contribution in [3.8, 4) is 0 Å². The van der Waals surface area contributed by atoms with E-state index in [0.717, 1.165) is 18.5 Å². The second-order valence-corrected chi connectivity index (χ2v) is 5.07. The average Bonchev–Trinajstić information content (AvgIpc) is 2.86. The van der Waals surface area contributed by atoms with E-state index in [4.69, 9.17) is 4.74 Å². The smallest absolute Gasteiger partial charge is 0.123 e. The number of halogens is 1. The number of nitrogens with one attached hydrogen (secondary N) is 1. The quantitative estimate of drug-likeness (QED) is 0.838. The molecule has 1 aromatic rings. The van der Waals surface area contributed by atoms with Crippen molar-refractivity contribution in [1.29, 1.82) is 0 Å². The van der Waals surface area contributed by atoms with Gasteiger partial charge in [-0.2, -0.15) is 0 Å². The highest BCUT2D eigenvalue weighted by Crippen LogP contribution is 2.20. The van der Waals surface area contributed by atoms with Crippen molar-refractivity contribution in [2.75, 3.05) is 26.4 Å². The first-order valence-corrected chi connectivity index (χ1v) is 6.34. The molecule has 2 rings (SSSR count). The molecule has 1 heterocycles. The molecule has 18 heavy (non-hydrogen) atoms. The van der Waals surface area contributed by atoms with Crippen molar-refractivity contribution in [3.63, 3.8) is 0 Å². The van der Waals surface area contributed by atoms with Gasteiger partial charge in [-0.05, 0) is 30.0 Å². The maximum Gasteiger partial charge on any atom is 0.123 e. The minimum atomic E-state index is -0.297. The van der Waals surface area contributed by atoms with Gasteiger partial charge in [-0.3, -0.25) is 0 Å². The molecule has 4 heteroatoms. The number of rotatable bonds is 5. The van der Waals surface area contributed by atoms with E-state index < -0.39 is 0 Å². The number of benzene rings is 1. The fourth-order valence-electron chi connectivity index (χ4n) is 2.21. The van der Waals surface area contributed by atoms with E-state index in [-0.39, 0.29) is 23.9 Å². The van der Waals surface area contributed by atoms with Crippen LogP contribution in [0.3, 0.4) is 0 Å². The number of aliphatic hydroxyl groups is 1. The fourth-order valence-corrected chi connectivity index (χ4v) is 2.21. The van der Waals surface area contributed by atoms with Gasteiger partial charge in [0.05, 0.1) is 18.8 Å². The van der Waals surface area contributed by atoms with Crippen LogP contribution in [0, 0.1) is 5.82 Å². The molecule has 1 fully saturated rings. The van der Waals surface area contributed by atoms with Gasteiger partial charge in [0.2, 0.25) is 0 Å². The van der Waals surface area contributed by atoms with Gasteiger partial charge >= 0.3 is 0 Å². The van der Waals surface area contributed by atoms with E-state index in [1.165, 1.54) is 12.1 Å². The summed E-state index contributed by atoms with van der Waals surface area (Å²) >= 11 is 0. The van der Waals surface area contributed by atoms with E-state index in [9.17, 15) is 9.50 Å². The third-order valence-electron chi connectivity index (χ3n) is 3.63. The summed E-state index contributed by atoms with van der Waals surface area (Å²) in [5.41, 5.74) is 0.796. The van der Waals surface area contributed by atoms with Gasteiger partial charge in [0.1, 0.15) is 5.82 Å². The normalized spacial score (nSPS) is 25.3. The first-order valence-electron chi connectivity index (χ1n) is 6.34. The largest absolute Gasteiger partial charge is 0.394 e. The van der Waals surface area contributed by atoms with Crippen LogP contribution in [0.25, 0.3) is 0 Å². The Bertz CT molecular complexity index is 374. The van der Waals surface area contributed by atoms with E-state index in [0.29, 0.717) is 13.2 Å². The van der Waals surface area contributed by atoms with Crippen LogP contribution in [-0.4, -0.2) is 37.0 Å². The van der Waals surface area contributed by atoms with Gasteiger partial charge in [0.25, 0.3) is 0 Å². The Morgan fingerprint density at radius 1 is 1.44 bits per heavy atom. The lowest BCUT2D eigenvalue weighted by molar-refractivity contribution is 0.120. The lowest BCUT2D eigenvalue weighted by Gasteiger charge is -2.28. The van der Waals surface area contributed by atoms with Crippen molar-refractivity contribution in [3.05, 3.63) is 35.6 Å². The zero-order valence-electron chi connectivity index (χ0n) is 10.7. The molecule has 1 aliphatic heterocycles. The predicted molar refractivity (Wildman–Crippen MR) is 68.1 cm³/mol. The zero-order chi connectivity index (χ0) is 13.0. The SMILES string of the molecule is C[C@@H](CN[C@@]1(CO)CCOC1)c1ccc(F)cc1. The molecule has 0 aromatic heterocycles. The van der Waals surface area contributed by atoms with Gasteiger partial charge in [0.15, 0.2) is 0 Å². The summed E-state index contributed by atoms with van der Waals surface area (Å²) in [6.45, 7) is 4.16. The maximum absolute atomic E-state index is 12.8. The molecule has 2 atom stereocenters. The van der Waals surface area contributed by atoms with Gasteiger partial charge in [-0.1, -0.05) is 19.1 Å². The van der Waals surface area contributed by atoms with Crippen LogP contribution in [0.15, 0.2) is 24.3 Å². The molecule has 0 amide bonds. The highest BCUT2D eigenvalue weighted by Gasteiger charge is 2.33. The molecule has 2 N–H and O–H groups in total. The maximum atomic E-state index is 12.8. The van der Waals surface area contributed by atoms with Crippen LogP contribution in [0.1, 0.15) is 24.8 Å². The predicted octanol–water partition coefficient (Wildman–Crippen LogP) is 1.67. The van der Waals surface area contributed by atoms with E-state index in [2.05, 4.69) is 12.2 Å². The third kappa shape index (κ3) is 3.07. The monoisotopic (exact) mass is 253 g/mol. The molecule has 1 aliphatic rings. The minimum absolute atomic E-state index is 0.0864. The Kier molecular flexibility index (Phi) is 4.32. The lowest BCUT2D eigenvalue weighted by Crippen LogP contribution is -2.50. The number of aliphatic hydroxyl groups excluding tert-OH is 1. The zero-order valence-corrected chi connectivity index (χ0v) is 10.7. The molecule has 1 saturated heterocycles. The third-order valence-corrected chi connectivity index (χ3v) is 3.63.